The van der Waals surface area contributed by atoms with E-state index in [0.717, 1.165) is 0 Å². The van der Waals surface area contributed by atoms with Crippen LogP contribution in [0.2, 0.25) is 0 Å². The van der Waals surface area contributed by atoms with Crippen LogP contribution in [0.25, 0.3) is 0 Å². The summed E-state index contributed by atoms with van der Waals surface area (Å²) < 4.78 is 0. The van der Waals surface area contributed by atoms with E-state index in [1.54, 1.807) is 12.5 Å². The van der Waals surface area contributed by atoms with Crippen molar-refractivity contribution in [1.29, 1.82) is 0 Å². The van der Waals surface area contributed by atoms with Gasteiger partial charge < -0.3 is 25.3 Å². The molecule has 0 N–H and O–H groups in total. The summed E-state index contributed by atoms with van der Waals surface area (Å²) in [7, 11) is 9.14. The van der Waals surface area contributed by atoms with Gasteiger partial charge >= 0.3 is 54.0 Å². The first kappa shape index (κ1) is 37.8. The van der Waals surface area contributed by atoms with Crippen LogP contribution in [0.1, 0.15) is 69.2 Å². The van der Waals surface area contributed by atoms with Crippen LogP contribution in [0.5, 0.6) is 0 Å². The number of hydrogen-bond acceptors (Lipinski definition) is 2. The zero-order chi connectivity index (χ0) is 23.8. The minimum atomic E-state index is 1.47. The molecule has 0 heterocycles. The molecule has 0 saturated heterocycles. The molecule has 0 bridgehead atoms. The Morgan fingerprint density at radius 2 is 0.357 bits per heavy atom. The second kappa shape index (κ2) is 22.7. The molecule has 0 aromatic rings. The average molecular weight is 638 g/mol. The number of halogens is 2. The van der Waals surface area contributed by atoms with E-state index in [2.05, 4.69) is 114 Å². The van der Waals surface area contributed by atoms with Gasteiger partial charge in [-0.25, -0.2) is 0 Å². The van der Waals surface area contributed by atoms with Gasteiger partial charge in [0.1, 0.15) is 0 Å². The first-order valence-corrected chi connectivity index (χ1v) is 14.7. The topological polar surface area (TPSA) is 0 Å². The van der Waals surface area contributed by atoms with Gasteiger partial charge in [0, 0.05) is 0 Å². The fraction of sp³-hybridized carbons (Fsp3) is 0.545. The van der Waals surface area contributed by atoms with Crippen LogP contribution in [-0.2, 0) is 59.9 Å². The van der Waals surface area contributed by atoms with E-state index in [-0.39, 0.29) is 0 Å². The SMILES string of the molecule is C[C]1[C](C)[C](C)[C](C)[C]1C.C[C]1[C](C)[C](C)[C](C)[C]1C.C[S-].C[S-].[Cl][Ru+2].[Cl][Ru+2]. The van der Waals surface area contributed by atoms with Gasteiger partial charge in [0.15, 0.2) is 0 Å². The molecule has 10 radical (unpaired) electrons. The van der Waals surface area contributed by atoms with Gasteiger partial charge in [0.25, 0.3) is 0 Å². The average Bonchev–Trinajstić information content (AvgIpc) is 3.04. The van der Waals surface area contributed by atoms with Crippen LogP contribution in [0.3, 0.4) is 0 Å². The molecule has 0 spiro atoms. The third kappa shape index (κ3) is 12.0. The molecule has 2 aliphatic carbocycles. The standard InChI is InChI=1S/2C10H15.2CH4S.2ClH.2Ru/c2*1-6-7(2)9(4)10(5)8(6)3;2*1-2;;;;/h2*1-5H3;2*2H,1H3;2*1H;;/q;;;;;;2*+3/p-4. The van der Waals surface area contributed by atoms with Gasteiger partial charge in [-0.3, -0.25) is 0 Å². The monoisotopic (exact) mass is 638 g/mol. The molecule has 0 nitrogen and oxygen atoms in total. The molecule has 0 atom stereocenters. The van der Waals surface area contributed by atoms with Crippen molar-refractivity contribution in [3.63, 3.8) is 0 Å². The minimum absolute atomic E-state index is 1.47. The maximum absolute atomic E-state index is 4.57. The van der Waals surface area contributed by atoms with Gasteiger partial charge in [-0.2, -0.15) is 12.5 Å². The van der Waals surface area contributed by atoms with Gasteiger partial charge in [0.2, 0.25) is 0 Å². The van der Waals surface area contributed by atoms with Crippen molar-refractivity contribution in [2.45, 2.75) is 69.2 Å². The maximum atomic E-state index is 4.57. The quantitative estimate of drug-likeness (QED) is 0.198. The zero-order valence-electron chi connectivity index (χ0n) is 19.3. The summed E-state index contributed by atoms with van der Waals surface area (Å²) in [6, 6.07) is 0. The van der Waals surface area contributed by atoms with Crippen molar-refractivity contribution in [1.82, 2.24) is 0 Å². The fourth-order valence-electron chi connectivity index (χ4n) is 2.81. The van der Waals surface area contributed by atoms with Gasteiger partial charge in [-0.1, -0.05) is 69.2 Å². The second-order valence-corrected chi connectivity index (χ2v) is 6.25. The van der Waals surface area contributed by atoms with E-state index in [4.69, 9.17) is 0 Å². The predicted octanol–water partition coefficient (Wildman–Crippen LogP) is 7.64. The molecule has 6 heteroatoms. The van der Waals surface area contributed by atoms with Crippen LogP contribution in [0, 0.1) is 59.2 Å². The molecule has 2 rings (SSSR count). The zero-order valence-corrected chi connectivity index (χ0v) is 25.9. The second-order valence-electron chi connectivity index (χ2n) is 6.25. The Bertz CT molecular complexity index is 205. The summed E-state index contributed by atoms with van der Waals surface area (Å²) in [5, 5.41) is 0. The van der Waals surface area contributed by atoms with E-state index < -0.39 is 0 Å². The molecule has 0 unspecified atom stereocenters. The first-order valence-electron chi connectivity index (χ1n) is 8.58. The van der Waals surface area contributed by atoms with Crippen molar-refractivity contribution in [2.24, 2.45) is 0 Å². The molecule has 0 aromatic heterocycles. The van der Waals surface area contributed by atoms with Crippen molar-refractivity contribution < 1.29 is 34.6 Å². The molecule has 2 fully saturated rings. The molecule has 2 saturated carbocycles. The third-order valence-corrected chi connectivity index (χ3v) is 5.62. The van der Waals surface area contributed by atoms with Crippen LogP contribution in [0.4, 0.5) is 0 Å². The molecule has 0 aromatic carbocycles. The summed E-state index contributed by atoms with van der Waals surface area (Å²) in [5.74, 6) is 14.7. The normalized spacial score (nSPS) is 21.1. The molecular formula is C22H36Cl2Ru2S2+2. The summed E-state index contributed by atoms with van der Waals surface area (Å²) in [6.07, 6.45) is 3.17. The van der Waals surface area contributed by atoms with Gasteiger partial charge in [0.05, 0.1) is 0 Å². The number of hydrogen-bond donors (Lipinski definition) is 0. The summed E-state index contributed by atoms with van der Waals surface area (Å²) in [4.78, 5) is 0. The van der Waals surface area contributed by atoms with Crippen LogP contribution in [-0.4, -0.2) is 12.5 Å². The van der Waals surface area contributed by atoms with Crippen LogP contribution >= 0.6 is 19.4 Å². The van der Waals surface area contributed by atoms with Gasteiger partial charge in [-0.05, 0) is 59.2 Å². The van der Waals surface area contributed by atoms with E-state index in [9.17, 15) is 0 Å². The molecule has 0 aliphatic heterocycles. The molecular weight excluding hydrogens is 601 g/mol. The summed E-state index contributed by atoms with van der Waals surface area (Å²) >= 11 is 11.8. The number of rotatable bonds is 0. The Labute approximate surface area is 218 Å². The first-order chi connectivity index (χ1) is 13.1. The molecule has 164 valence electrons. The van der Waals surface area contributed by atoms with E-state index in [1.807, 2.05) is 34.6 Å². The molecule has 2 aliphatic rings. The Kier molecular flexibility index (Phi) is 30.7. The molecule has 28 heavy (non-hydrogen) atoms. The van der Waals surface area contributed by atoms with Crippen molar-refractivity contribution in [2.75, 3.05) is 12.5 Å². The predicted molar refractivity (Wildman–Crippen MR) is 127 cm³/mol. The molecule has 0 amide bonds. The summed E-state index contributed by atoms with van der Waals surface area (Å²) in [6.45, 7) is 22.0. The van der Waals surface area contributed by atoms with Crippen LogP contribution < -0.4 is 0 Å². The van der Waals surface area contributed by atoms with E-state index >= 15 is 0 Å². The van der Waals surface area contributed by atoms with Crippen molar-refractivity contribution in [3.05, 3.63) is 59.2 Å². The third-order valence-electron chi connectivity index (χ3n) is 5.62. The Morgan fingerprint density at radius 3 is 0.393 bits per heavy atom. The van der Waals surface area contributed by atoms with E-state index in [0.29, 0.717) is 0 Å². The fourth-order valence-corrected chi connectivity index (χ4v) is 2.81. The Morgan fingerprint density at radius 1 is 0.321 bits per heavy atom. The van der Waals surface area contributed by atoms with Gasteiger partial charge in [-0.15, -0.1) is 0 Å². The van der Waals surface area contributed by atoms with E-state index in [1.165, 1.54) is 59.2 Å². The van der Waals surface area contributed by atoms with Crippen LogP contribution in [0.15, 0.2) is 0 Å². The Hall–Kier alpha value is 2.53. The summed E-state index contributed by atoms with van der Waals surface area (Å²) in [5.41, 5.74) is 0. The van der Waals surface area contributed by atoms with Crippen molar-refractivity contribution >= 4 is 44.6 Å². The Balaban J connectivity index is -0.000000152. The van der Waals surface area contributed by atoms with Crippen molar-refractivity contribution in [3.8, 4) is 0 Å².